The van der Waals surface area contributed by atoms with Crippen molar-refractivity contribution in [1.29, 1.82) is 5.41 Å². The van der Waals surface area contributed by atoms with E-state index in [1.165, 1.54) is 44.0 Å². The van der Waals surface area contributed by atoms with Crippen LogP contribution < -0.4 is 5.84 Å². The van der Waals surface area contributed by atoms with Crippen molar-refractivity contribution in [2.24, 2.45) is 27.7 Å². The molecule has 0 aromatic rings. The summed E-state index contributed by atoms with van der Waals surface area (Å²) in [5.41, 5.74) is 3.55. The second kappa shape index (κ2) is 12.1. The zero-order valence-corrected chi connectivity index (χ0v) is 20.4. The van der Waals surface area contributed by atoms with E-state index in [-0.39, 0.29) is 10.8 Å². The van der Waals surface area contributed by atoms with Crippen molar-refractivity contribution in [3.05, 3.63) is 36.1 Å². The van der Waals surface area contributed by atoms with E-state index in [0.29, 0.717) is 0 Å². The maximum Gasteiger partial charge on any atom is 0.0861 e. The molecule has 30 heavy (non-hydrogen) atoms. The third-order valence-corrected chi connectivity index (χ3v) is 6.44. The van der Waals surface area contributed by atoms with Crippen LogP contribution in [0.25, 0.3) is 0 Å². The van der Waals surface area contributed by atoms with Crippen LogP contribution in [0.5, 0.6) is 0 Å². The molecule has 1 saturated carbocycles. The second-order valence-electron chi connectivity index (χ2n) is 10.3. The van der Waals surface area contributed by atoms with Gasteiger partial charge in [-0.15, -0.1) is 0 Å². The lowest BCUT2D eigenvalue weighted by atomic mass is 9.69. The minimum absolute atomic E-state index is 0.0540. The molecule has 0 saturated heterocycles. The summed E-state index contributed by atoms with van der Waals surface area (Å²) in [6.07, 6.45) is 17.1. The van der Waals surface area contributed by atoms with E-state index in [1.54, 1.807) is 0 Å². The Balaban J connectivity index is 2.71. The van der Waals surface area contributed by atoms with Gasteiger partial charge in [0.05, 0.1) is 6.34 Å². The van der Waals surface area contributed by atoms with Crippen molar-refractivity contribution in [3.8, 4) is 0 Å². The first kappa shape index (κ1) is 26.2. The predicted octanol–water partition coefficient (Wildman–Crippen LogP) is 7.05. The largest absolute Gasteiger partial charge is 0.333 e. The van der Waals surface area contributed by atoms with Crippen LogP contribution in [0.4, 0.5) is 0 Å². The number of hydrogen-bond donors (Lipinski definition) is 2. The molecule has 0 spiro atoms. The maximum absolute atomic E-state index is 7.95. The second-order valence-corrected chi connectivity index (χ2v) is 10.3. The van der Waals surface area contributed by atoms with Gasteiger partial charge in [0.2, 0.25) is 0 Å². The van der Waals surface area contributed by atoms with Crippen LogP contribution in [0.1, 0.15) is 92.9 Å². The first-order valence-electron chi connectivity index (χ1n) is 11.6. The number of hydrogen-bond acceptors (Lipinski definition) is 3. The van der Waals surface area contributed by atoms with Crippen LogP contribution >= 0.6 is 0 Å². The van der Waals surface area contributed by atoms with Crippen LogP contribution in [-0.4, -0.2) is 23.5 Å². The molecular formula is C26H46N4. The van der Waals surface area contributed by atoms with E-state index >= 15 is 0 Å². The van der Waals surface area contributed by atoms with Gasteiger partial charge >= 0.3 is 0 Å². The molecule has 3 N–H and O–H groups in total. The minimum atomic E-state index is 0.0540. The summed E-state index contributed by atoms with van der Waals surface area (Å²) in [4.78, 5) is 2.03. The lowest BCUT2D eigenvalue weighted by Crippen LogP contribution is -2.37. The Morgan fingerprint density at radius 3 is 2.60 bits per heavy atom. The average Bonchev–Trinajstić information content (AvgIpc) is 2.68. The van der Waals surface area contributed by atoms with Crippen LogP contribution in [0.15, 0.2) is 41.2 Å². The Morgan fingerprint density at radius 1 is 1.37 bits per heavy atom. The van der Waals surface area contributed by atoms with Crippen LogP contribution in [0.2, 0.25) is 0 Å². The normalized spacial score (nSPS) is 23.6. The summed E-state index contributed by atoms with van der Waals surface area (Å²) in [5.74, 6) is 6.37. The summed E-state index contributed by atoms with van der Waals surface area (Å²) < 4.78 is 0. The molecule has 2 unspecified atom stereocenters. The first-order chi connectivity index (χ1) is 14.1. The van der Waals surface area contributed by atoms with Gasteiger partial charge in [-0.1, -0.05) is 72.6 Å². The molecule has 1 rings (SSSR count). The lowest BCUT2D eigenvalue weighted by molar-refractivity contribution is 0.129. The molecule has 0 aliphatic heterocycles. The van der Waals surface area contributed by atoms with Crippen molar-refractivity contribution >= 4 is 12.1 Å². The molecule has 0 aromatic heterocycles. The summed E-state index contributed by atoms with van der Waals surface area (Å²) in [6, 6.07) is 0. The number of nitrogens with two attached hydrogens (primary N) is 1. The van der Waals surface area contributed by atoms with Gasteiger partial charge in [-0.2, -0.15) is 5.10 Å². The van der Waals surface area contributed by atoms with Crippen molar-refractivity contribution in [1.82, 2.24) is 4.90 Å². The fourth-order valence-electron chi connectivity index (χ4n) is 4.72. The Morgan fingerprint density at radius 2 is 2.07 bits per heavy atom. The Kier molecular flexibility index (Phi) is 10.6. The summed E-state index contributed by atoms with van der Waals surface area (Å²) in [5, 5.41) is 12.0. The molecule has 0 amide bonds. The van der Waals surface area contributed by atoms with Crippen molar-refractivity contribution < 1.29 is 0 Å². The molecule has 1 aliphatic rings. The summed E-state index contributed by atoms with van der Waals surface area (Å²) >= 11 is 0. The smallest absolute Gasteiger partial charge is 0.0861 e. The molecule has 4 heteroatoms. The van der Waals surface area contributed by atoms with Gasteiger partial charge in [0.1, 0.15) is 0 Å². The van der Waals surface area contributed by atoms with Crippen LogP contribution in [0.3, 0.4) is 0 Å². The van der Waals surface area contributed by atoms with E-state index in [9.17, 15) is 0 Å². The molecule has 0 radical (unpaired) electrons. The molecule has 170 valence electrons. The van der Waals surface area contributed by atoms with E-state index in [1.807, 2.05) is 11.8 Å². The molecule has 1 fully saturated rings. The SMILES string of the molecule is C=C(/C=C(\C=C/C)CC)N(C=N)CC1(C)CCCC(CCC/C(=N\N)C(C)(C)C)C1. The number of hydrazone groups is 1. The minimum Gasteiger partial charge on any atom is -0.333 e. The van der Waals surface area contributed by atoms with Crippen LogP contribution in [-0.2, 0) is 0 Å². The molecule has 2 atom stereocenters. The van der Waals surface area contributed by atoms with Gasteiger partial charge in [0, 0.05) is 23.4 Å². The molecule has 0 aromatic carbocycles. The van der Waals surface area contributed by atoms with Crippen LogP contribution in [0, 0.1) is 22.2 Å². The number of nitrogens with one attached hydrogen (secondary N) is 1. The van der Waals surface area contributed by atoms with E-state index in [4.69, 9.17) is 11.3 Å². The molecular weight excluding hydrogens is 368 g/mol. The fraction of sp³-hybridized carbons (Fsp3) is 0.692. The van der Waals surface area contributed by atoms with Gasteiger partial charge < -0.3 is 10.7 Å². The number of nitrogens with zero attached hydrogens (tertiary/aromatic N) is 2. The van der Waals surface area contributed by atoms with Crippen molar-refractivity contribution in [3.63, 3.8) is 0 Å². The molecule has 1 aliphatic carbocycles. The third-order valence-electron chi connectivity index (χ3n) is 6.44. The standard InChI is InChI=1S/C26H46N4/c1-8-12-22(9-2)17-21(3)30(20-27)19-26(7)16-11-14-23(18-26)13-10-15-24(29-28)25(4,5)6/h8,12,17,20,23,27H,3,9-11,13-16,18-19,28H2,1-2,4-7H3/b12-8-,22-17-,27-20?,29-24+. The van der Waals surface area contributed by atoms with Gasteiger partial charge in [-0.05, 0) is 62.0 Å². The zero-order valence-electron chi connectivity index (χ0n) is 20.4. The summed E-state index contributed by atoms with van der Waals surface area (Å²) in [6.45, 7) is 18.3. The molecule has 0 bridgehead atoms. The maximum atomic E-state index is 7.95. The molecule has 4 nitrogen and oxygen atoms in total. The zero-order chi connectivity index (χ0) is 22.8. The van der Waals surface area contributed by atoms with Gasteiger partial charge in [-0.25, -0.2) is 0 Å². The van der Waals surface area contributed by atoms with E-state index < -0.39 is 0 Å². The van der Waals surface area contributed by atoms with E-state index in [0.717, 1.165) is 43.1 Å². The highest BCUT2D eigenvalue weighted by molar-refractivity contribution is 5.88. The average molecular weight is 415 g/mol. The van der Waals surface area contributed by atoms with Gasteiger partial charge in [-0.3, -0.25) is 5.41 Å². The number of allylic oxidation sites excluding steroid dienone is 4. The van der Waals surface area contributed by atoms with Crippen molar-refractivity contribution in [2.75, 3.05) is 6.54 Å². The van der Waals surface area contributed by atoms with Gasteiger partial charge in [0.15, 0.2) is 0 Å². The fourth-order valence-corrected chi connectivity index (χ4v) is 4.72. The summed E-state index contributed by atoms with van der Waals surface area (Å²) in [7, 11) is 0. The Hall–Kier alpha value is -1.84. The lowest BCUT2D eigenvalue weighted by Gasteiger charge is -2.41. The van der Waals surface area contributed by atoms with Crippen molar-refractivity contribution in [2.45, 2.75) is 92.9 Å². The Bertz CT molecular complexity index is 650. The predicted molar refractivity (Wildman–Crippen MR) is 133 cm³/mol. The monoisotopic (exact) mass is 414 g/mol. The van der Waals surface area contributed by atoms with E-state index in [2.05, 4.69) is 64.5 Å². The third kappa shape index (κ3) is 8.49. The number of rotatable bonds is 11. The highest BCUT2D eigenvalue weighted by Gasteiger charge is 2.33. The topological polar surface area (TPSA) is 65.5 Å². The first-order valence-corrected chi connectivity index (χ1v) is 11.6. The highest BCUT2D eigenvalue weighted by atomic mass is 15.1. The van der Waals surface area contributed by atoms with Gasteiger partial charge in [0.25, 0.3) is 0 Å². The highest BCUT2D eigenvalue weighted by Crippen LogP contribution is 2.42. The Labute approximate surface area is 185 Å². The molecule has 0 heterocycles. The quantitative estimate of drug-likeness (QED) is 0.125.